The molecule has 9 heteroatoms. The molecule has 2 aliphatic heterocycles. The number of pyridine rings is 1. The molecule has 0 saturated carbocycles. The summed E-state index contributed by atoms with van der Waals surface area (Å²) in [6, 6.07) is 16.7. The van der Waals surface area contributed by atoms with Gasteiger partial charge < -0.3 is 10.2 Å². The summed E-state index contributed by atoms with van der Waals surface area (Å²) in [7, 11) is 0. The van der Waals surface area contributed by atoms with Crippen LogP contribution in [-0.4, -0.2) is 67.5 Å². The Labute approximate surface area is 234 Å². The number of fused-ring (bicyclic) bond motifs is 1. The molecule has 0 spiro atoms. The van der Waals surface area contributed by atoms with E-state index in [0.717, 1.165) is 53.1 Å². The number of benzene rings is 1. The predicted molar refractivity (Wildman–Crippen MR) is 154 cm³/mol. The molecule has 6 rings (SSSR count). The SMILES string of the molecule is Cc1c(N[C@@H]2CCCN(C(=O)CC#N)C2)nc(-c2cnn3ccccc23)nc1-c1ccc(CN2CCCC2)cc1. The number of carbonyl (C=O) groups excluding carboxylic acids is 1. The molecule has 2 saturated heterocycles. The molecule has 0 unspecified atom stereocenters. The monoisotopic (exact) mass is 534 g/mol. The zero-order valence-electron chi connectivity index (χ0n) is 22.9. The Hall–Kier alpha value is -4.29. The van der Waals surface area contributed by atoms with Gasteiger partial charge in [0.25, 0.3) is 0 Å². The number of amides is 1. The van der Waals surface area contributed by atoms with Gasteiger partial charge in [0.05, 0.1) is 29.0 Å². The van der Waals surface area contributed by atoms with Crippen LogP contribution in [-0.2, 0) is 11.3 Å². The van der Waals surface area contributed by atoms with Crippen LogP contribution in [0.3, 0.4) is 0 Å². The second-order valence-corrected chi connectivity index (χ2v) is 10.8. The normalized spacial score (nSPS) is 17.7. The Balaban J connectivity index is 1.35. The third kappa shape index (κ3) is 5.40. The van der Waals surface area contributed by atoms with Crippen LogP contribution in [0.1, 0.15) is 43.2 Å². The van der Waals surface area contributed by atoms with Gasteiger partial charge in [0, 0.05) is 43.0 Å². The Morgan fingerprint density at radius 2 is 1.90 bits per heavy atom. The molecule has 1 aromatic carbocycles. The van der Waals surface area contributed by atoms with Crippen molar-refractivity contribution in [2.75, 3.05) is 31.5 Å². The molecule has 9 nitrogen and oxygen atoms in total. The first-order chi connectivity index (χ1) is 19.6. The Kier molecular flexibility index (Phi) is 7.43. The molecule has 204 valence electrons. The van der Waals surface area contributed by atoms with Crippen LogP contribution in [0.5, 0.6) is 0 Å². The van der Waals surface area contributed by atoms with E-state index in [1.54, 1.807) is 4.90 Å². The van der Waals surface area contributed by atoms with Gasteiger partial charge in [0.1, 0.15) is 12.2 Å². The number of nitrogens with zero attached hydrogens (tertiary/aromatic N) is 7. The maximum atomic E-state index is 12.4. The Morgan fingerprint density at radius 1 is 1.07 bits per heavy atom. The maximum Gasteiger partial charge on any atom is 0.236 e. The van der Waals surface area contributed by atoms with Gasteiger partial charge in [-0.2, -0.15) is 10.4 Å². The number of nitriles is 1. The maximum absolute atomic E-state index is 12.4. The fraction of sp³-hybridized carbons (Fsp3) is 0.387. The van der Waals surface area contributed by atoms with E-state index in [4.69, 9.17) is 15.2 Å². The third-order valence-electron chi connectivity index (χ3n) is 7.99. The van der Waals surface area contributed by atoms with Crippen molar-refractivity contribution in [2.45, 2.75) is 51.6 Å². The summed E-state index contributed by atoms with van der Waals surface area (Å²) in [5.74, 6) is 1.25. The number of hydrogen-bond donors (Lipinski definition) is 1. The summed E-state index contributed by atoms with van der Waals surface area (Å²) in [4.78, 5) is 26.8. The molecule has 2 aliphatic rings. The average Bonchev–Trinajstić information content (AvgIpc) is 3.65. The molecule has 0 aliphatic carbocycles. The van der Waals surface area contributed by atoms with Crippen LogP contribution in [0.25, 0.3) is 28.2 Å². The molecule has 0 bridgehead atoms. The lowest BCUT2D eigenvalue weighted by molar-refractivity contribution is -0.131. The van der Waals surface area contributed by atoms with Crippen LogP contribution in [0, 0.1) is 18.3 Å². The minimum absolute atomic E-state index is 0.0393. The summed E-state index contributed by atoms with van der Waals surface area (Å²) >= 11 is 0. The van der Waals surface area contributed by atoms with E-state index in [1.807, 2.05) is 41.2 Å². The summed E-state index contributed by atoms with van der Waals surface area (Å²) in [5, 5.41) is 17.1. The smallest absolute Gasteiger partial charge is 0.236 e. The predicted octanol–water partition coefficient (Wildman–Crippen LogP) is 4.68. The number of carbonyl (C=O) groups is 1. The van der Waals surface area contributed by atoms with Crippen LogP contribution >= 0.6 is 0 Å². The fourth-order valence-corrected chi connectivity index (χ4v) is 5.83. The van der Waals surface area contributed by atoms with Crippen molar-refractivity contribution < 1.29 is 4.79 Å². The first-order valence-electron chi connectivity index (χ1n) is 14.1. The van der Waals surface area contributed by atoms with E-state index in [9.17, 15) is 4.79 Å². The molecule has 1 N–H and O–H groups in total. The number of hydrogen-bond acceptors (Lipinski definition) is 7. The zero-order chi connectivity index (χ0) is 27.5. The van der Waals surface area contributed by atoms with Crippen LogP contribution < -0.4 is 5.32 Å². The number of aromatic nitrogens is 4. The molecule has 1 amide bonds. The number of rotatable bonds is 7. The van der Waals surface area contributed by atoms with Gasteiger partial charge >= 0.3 is 0 Å². The lowest BCUT2D eigenvalue weighted by atomic mass is 10.0. The average molecular weight is 535 g/mol. The number of likely N-dealkylation sites (tertiary alicyclic amines) is 2. The van der Waals surface area contributed by atoms with E-state index in [-0.39, 0.29) is 18.4 Å². The highest BCUT2D eigenvalue weighted by atomic mass is 16.2. The van der Waals surface area contributed by atoms with E-state index in [2.05, 4.69) is 46.5 Å². The largest absolute Gasteiger partial charge is 0.365 e. The summed E-state index contributed by atoms with van der Waals surface area (Å²) in [6.45, 7) is 6.61. The Bertz CT molecular complexity index is 1550. The highest BCUT2D eigenvalue weighted by Crippen LogP contribution is 2.32. The van der Waals surface area contributed by atoms with Crippen LogP contribution in [0.2, 0.25) is 0 Å². The summed E-state index contributed by atoms with van der Waals surface area (Å²) in [6.07, 6.45) is 8.02. The topological polar surface area (TPSA) is 102 Å². The lowest BCUT2D eigenvalue weighted by Crippen LogP contribution is -2.45. The highest BCUT2D eigenvalue weighted by Gasteiger charge is 2.25. The molecular weight excluding hydrogens is 500 g/mol. The van der Waals surface area contributed by atoms with E-state index >= 15 is 0 Å². The number of anilines is 1. The second kappa shape index (κ2) is 11.4. The molecule has 0 radical (unpaired) electrons. The van der Waals surface area contributed by atoms with Gasteiger partial charge in [-0.3, -0.25) is 9.69 Å². The van der Waals surface area contributed by atoms with Crippen molar-refractivity contribution >= 4 is 17.2 Å². The van der Waals surface area contributed by atoms with E-state index < -0.39 is 0 Å². The van der Waals surface area contributed by atoms with Crippen molar-refractivity contribution in [1.29, 1.82) is 5.26 Å². The molecule has 5 heterocycles. The van der Waals surface area contributed by atoms with E-state index in [1.165, 1.54) is 31.5 Å². The molecule has 3 aromatic heterocycles. The van der Waals surface area contributed by atoms with Crippen molar-refractivity contribution in [1.82, 2.24) is 29.4 Å². The number of piperidine rings is 1. The third-order valence-corrected chi connectivity index (χ3v) is 7.99. The van der Waals surface area contributed by atoms with Gasteiger partial charge in [-0.1, -0.05) is 30.3 Å². The summed E-state index contributed by atoms with van der Waals surface area (Å²) < 4.78 is 1.83. The molecule has 4 aromatic rings. The van der Waals surface area contributed by atoms with Crippen molar-refractivity contribution in [3.63, 3.8) is 0 Å². The molecule has 40 heavy (non-hydrogen) atoms. The van der Waals surface area contributed by atoms with Gasteiger partial charge in [-0.15, -0.1) is 0 Å². The van der Waals surface area contributed by atoms with Crippen LogP contribution in [0.15, 0.2) is 54.9 Å². The number of nitrogens with one attached hydrogen (secondary N) is 1. The highest BCUT2D eigenvalue weighted by molar-refractivity contribution is 5.80. The minimum Gasteiger partial charge on any atom is -0.365 e. The van der Waals surface area contributed by atoms with Crippen molar-refractivity contribution in [2.24, 2.45) is 0 Å². The Morgan fingerprint density at radius 3 is 2.70 bits per heavy atom. The minimum atomic E-state index is -0.116. The summed E-state index contributed by atoms with van der Waals surface area (Å²) in [5.41, 5.74) is 6.00. The van der Waals surface area contributed by atoms with Gasteiger partial charge in [0.15, 0.2) is 5.82 Å². The van der Waals surface area contributed by atoms with Gasteiger partial charge in [-0.25, -0.2) is 14.5 Å². The zero-order valence-corrected chi connectivity index (χ0v) is 22.9. The van der Waals surface area contributed by atoms with Gasteiger partial charge in [-0.05, 0) is 63.4 Å². The van der Waals surface area contributed by atoms with E-state index in [0.29, 0.717) is 18.9 Å². The second-order valence-electron chi connectivity index (χ2n) is 10.8. The lowest BCUT2D eigenvalue weighted by Gasteiger charge is -2.33. The first-order valence-corrected chi connectivity index (χ1v) is 14.1. The van der Waals surface area contributed by atoms with Crippen LogP contribution in [0.4, 0.5) is 5.82 Å². The molecule has 1 atom stereocenters. The molecular formula is C31H34N8O. The molecule has 2 fully saturated rings. The quantitative estimate of drug-likeness (QED) is 0.367. The van der Waals surface area contributed by atoms with Crippen molar-refractivity contribution in [3.8, 4) is 28.7 Å². The van der Waals surface area contributed by atoms with Crippen molar-refractivity contribution in [3.05, 3.63) is 66.0 Å². The van der Waals surface area contributed by atoms with Gasteiger partial charge in [0.2, 0.25) is 5.91 Å². The fourth-order valence-electron chi connectivity index (χ4n) is 5.83. The standard InChI is InChI=1S/C31H34N8O/c1-22-29(24-11-9-23(10-12-24)20-37-15-4-5-16-37)35-31(26-19-33-39-18-3-2-8-27(26)39)36-30(22)34-25-7-6-17-38(21-25)28(40)13-14-32/h2-3,8-12,18-19,25H,4-7,13,15-17,20-21H2,1H3,(H,34,35,36)/t25-/m1/s1. The first kappa shape index (κ1) is 26.0.